The van der Waals surface area contributed by atoms with E-state index in [1.165, 1.54) is 18.3 Å². The minimum atomic E-state index is -1.12. The summed E-state index contributed by atoms with van der Waals surface area (Å²) in [4.78, 5) is 49.5. The van der Waals surface area contributed by atoms with Crippen LogP contribution in [0.3, 0.4) is 0 Å². The van der Waals surface area contributed by atoms with Gasteiger partial charge in [-0.2, -0.15) is 0 Å². The Kier molecular flexibility index (Phi) is 6.41. The molecule has 0 aliphatic heterocycles. The third kappa shape index (κ3) is 3.68. The first-order valence-electron chi connectivity index (χ1n) is 12.7. The van der Waals surface area contributed by atoms with Gasteiger partial charge in [0, 0.05) is 24.7 Å². The van der Waals surface area contributed by atoms with Crippen LogP contribution in [0.25, 0.3) is 0 Å². The highest BCUT2D eigenvalue weighted by Gasteiger charge is 2.67. The summed E-state index contributed by atoms with van der Waals surface area (Å²) in [6.45, 7) is 8.12. The van der Waals surface area contributed by atoms with E-state index in [-0.39, 0.29) is 41.7 Å². The highest BCUT2D eigenvalue weighted by Crippen LogP contribution is 2.67. The van der Waals surface area contributed by atoms with Crippen molar-refractivity contribution in [1.82, 2.24) is 0 Å². The fourth-order valence-corrected chi connectivity index (χ4v) is 7.96. The lowest BCUT2D eigenvalue weighted by Gasteiger charge is -2.58. The largest absolute Gasteiger partial charge is 0.469 e. The number of fused-ring (bicyclic) bond motifs is 5. The fourth-order valence-electron chi connectivity index (χ4n) is 7.96. The van der Waals surface area contributed by atoms with Crippen LogP contribution in [-0.2, 0) is 28.7 Å². The average Bonchev–Trinajstić information content (AvgIpc) is 3.08. The summed E-state index contributed by atoms with van der Waals surface area (Å²) >= 11 is 0. The zero-order valence-electron chi connectivity index (χ0n) is 21.2. The molecule has 2 fully saturated rings. The third-order valence-electron chi connectivity index (χ3n) is 9.80. The Hall–Kier alpha value is -2.24. The highest BCUT2D eigenvalue weighted by molar-refractivity contribution is 5.92. The van der Waals surface area contributed by atoms with E-state index < -0.39 is 17.0 Å². The number of hydrogen-bond acceptors (Lipinski definition) is 6. The molecule has 6 nitrogen and oxygen atoms in total. The van der Waals surface area contributed by atoms with Crippen LogP contribution in [0.1, 0.15) is 85.5 Å². The lowest BCUT2D eigenvalue weighted by atomic mass is 9.47. The van der Waals surface area contributed by atoms with E-state index in [0.29, 0.717) is 31.1 Å². The van der Waals surface area contributed by atoms with Crippen LogP contribution in [0.5, 0.6) is 0 Å². The first-order valence-corrected chi connectivity index (χ1v) is 12.7. The van der Waals surface area contributed by atoms with Crippen LogP contribution in [0.15, 0.2) is 23.3 Å². The monoisotopic (exact) mass is 470 g/mol. The number of ether oxygens (including phenoxy) is 2. The molecule has 4 aliphatic rings. The molecule has 0 heterocycles. The molecule has 6 heteroatoms. The minimum absolute atomic E-state index is 0.0230. The summed E-state index contributed by atoms with van der Waals surface area (Å²) in [5.74, 6) is 0.329. The van der Waals surface area contributed by atoms with Gasteiger partial charge < -0.3 is 9.47 Å². The number of carbonyl (C=O) groups is 4. The molecule has 0 radical (unpaired) electrons. The van der Waals surface area contributed by atoms with Crippen molar-refractivity contribution in [3.05, 3.63) is 23.3 Å². The van der Waals surface area contributed by atoms with Gasteiger partial charge in [0.2, 0.25) is 0 Å². The molecule has 0 N–H and O–H groups in total. The summed E-state index contributed by atoms with van der Waals surface area (Å²) in [7, 11) is 1.33. The lowest BCUT2D eigenvalue weighted by molar-refractivity contribution is -0.187. The SMILES string of the molecule is COC(=O)CCCC(=O)O[C@@]1(C(C)=O)CC[C@H]2[C@@H]3C=C(C)C4=CC(=O)CC[C@]4(C)[C@H]3CC[C@@]21C. The molecule has 0 amide bonds. The number of hydrogen-bond donors (Lipinski definition) is 0. The van der Waals surface area contributed by atoms with Crippen molar-refractivity contribution < 1.29 is 28.7 Å². The van der Waals surface area contributed by atoms with E-state index in [1.54, 1.807) is 6.92 Å². The minimum Gasteiger partial charge on any atom is -0.469 e. The second kappa shape index (κ2) is 8.76. The molecular weight excluding hydrogens is 432 g/mol. The van der Waals surface area contributed by atoms with E-state index in [2.05, 4.69) is 31.6 Å². The van der Waals surface area contributed by atoms with Crippen molar-refractivity contribution in [2.45, 2.75) is 91.1 Å². The zero-order chi connectivity index (χ0) is 24.9. The molecule has 0 unspecified atom stereocenters. The molecule has 4 rings (SSSR count). The van der Waals surface area contributed by atoms with Gasteiger partial charge in [-0.05, 0) is 87.2 Å². The molecular formula is C28H38O6. The molecule has 0 aromatic carbocycles. The third-order valence-corrected chi connectivity index (χ3v) is 9.80. The molecule has 0 saturated heterocycles. The second-order valence-electron chi connectivity index (χ2n) is 11.4. The van der Waals surface area contributed by atoms with Crippen molar-refractivity contribution >= 4 is 23.5 Å². The van der Waals surface area contributed by atoms with Gasteiger partial charge in [-0.3, -0.25) is 19.2 Å². The van der Waals surface area contributed by atoms with Gasteiger partial charge in [0.05, 0.1) is 7.11 Å². The summed E-state index contributed by atoms with van der Waals surface area (Å²) in [5.41, 5.74) is 0.802. The maximum absolute atomic E-state index is 13.1. The number of Topliss-reactive ketones (excluding diaryl/α,β-unsaturated/α-hetero) is 1. The van der Waals surface area contributed by atoms with Crippen LogP contribution in [0.2, 0.25) is 0 Å². The van der Waals surface area contributed by atoms with Gasteiger partial charge in [-0.1, -0.05) is 25.5 Å². The Morgan fingerprint density at radius 1 is 1.03 bits per heavy atom. The van der Waals surface area contributed by atoms with Gasteiger partial charge in [-0.25, -0.2) is 0 Å². The predicted molar refractivity (Wildman–Crippen MR) is 127 cm³/mol. The Morgan fingerprint density at radius 3 is 2.38 bits per heavy atom. The molecule has 2 saturated carbocycles. The lowest BCUT2D eigenvalue weighted by Crippen LogP contribution is -2.58. The first-order chi connectivity index (χ1) is 16.0. The molecule has 0 aromatic rings. The predicted octanol–water partition coefficient (Wildman–Crippen LogP) is 4.90. The van der Waals surface area contributed by atoms with E-state index in [1.807, 2.05) is 6.08 Å². The summed E-state index contributed by atoms with van der Waals surface area (Å²) < 4.78 is 10.7. The molecule has 0 bridgehead atoms. The van der Waals surface area contributed by atoms with Gasteiger partial charge in [0.1, 0.15) is 0 Å². The molecule has 0 spiro atoms. The van der Waals surface area contributed by atoms with Crippen LogP contribution in [0.4, 0.5) is 0 Å². The van der Waals surface area contributed by atoms with Crippen LogP contribution in [-0.4, -0.2) is 36.2 Å². The number of allylic oxidation sites excluding steroid dienone is 4. The number of methoxy groups -OCH3 is 1. The van der Waals surface area contributed by atoms with Gasteiger partial charge in [0.15, 0.2) is 17.2 Å². The second-order valence-corrected chi connectivity index (χ2v) is 11.4. The topological polar surface area (TPSA) is 86.7 Å². The quantitative estimate of drug-likeness (QED) is 0.513. The number of ketones is 2. The van der Waals surface area contributed by atoms with Crippen LogP contribution >= 0.6 is 0 Å². The van der Waals surface area contributed by atoms with Crippen LogP contribution < -0.4 is 0 Å². The molecule has 186 valence electrons. The van der Waals surface area contributed by atoms with Crippen molar-refractivity contribution in [2.75, 3.05) is 7.11 Å². The molecule has 34 heavy (non-hydrogen) atoms. The average molecular weight is 471 g/mol. The van der Waals surface area contributed by atoms with E-state index in [0.717, 1.165) is 25.7 Å². The van der Waals surface area contributed by atoms with E-state index in [4.69, 9.17) is 4.74 Å². The van der Waals surface area contributed by atoms with Crippen LogP contribution in [0, 0.1) is 28.6 Å². The summed E-state index contributed by atoms with van der Waals surface area (Å²) in [6, 6.07) is 0. The summed E-state index contributed by atoms with van der Waals surface area (Å²) in [5, 5.41) is 0. The zero-order valence-corrected chi connectivity index (χ0v) is 21.2. The van der Waals surface area contributed by atoms with E-state index in [9.17, 15) is 19.2 Å². The Bertz CT molecular complexity index is 975. The highest BCUT2D eigenvalue weighted by atomic mass is 16.6. The Labute approximate surface area is 202 Å². The number of esters is 2. The standard InChI is InChI=1S/C28H38O6/c1-17-15-20-21(26(3)12-9-19(30)16-23(17)26)10-13-27(4)22(20)11-14-28(27,18(2)29)34-25(32)8-6-7-24(31)33-5/h15-16,20-22H,6-14H2,1-5H3/t20-,21+,22+,26-,27+,28-/m1/s1. The first kappa shape index (κ1) is 24.9. The number of rotatable bonds is 6. The smallest absolute Gasteiger partial charge is 0.306 e. The molecule has 6 atom stereocenters. The number of carbonyl (C=O) groups excluding carboxylic acids is 4. The Morgan fingerprint density at radius 2 is 1.71 bits per heavy atom. The van der Waals surface area contributed by atoms with Crippen molar-refractivity contribution in [3.63, 3.8) is 0 Å². The van der Waals surface area contributed by atoms with Crippen molar-refractivity contribution in [2.24, 2.45) is 28.6 Å². The molecule has 0 aromatic heterocycles. The fraction of sp³-hybridized carbons (Fsp3) is 0.714. The summed E-state index contributed by atoms with van der Waals surface area (Å²) in [6.07, 6.45) is 9.41. The normalized spacial score (nSPS) is 38.6. The van der Waals surface area contributed by atoms with Crippen molar-refractivity contribution in [1.29, 1.82) is 0 Å². The maximum atomic E-state index is 13.1. The maximum Gasteiger partial charge on any atom is 0.306 e. The van der Waals surface area contributed by atoms with E-state index >= 15 is 0 Å². The molecule has 4 aliphatic carbocycles. The van der Waals surface area contributed by atoms with Gasteiger partial charge in [0.25, 0.3) is 0 Å². The van der Waals surface area contributed by atoms with Gasteiger partial charge >= 0.3 is 11.9 Å². The van der Waals surface area contributed by atoms with Crippen molar-refractivity contribution in [3.8, 4) is 0 Å². The van der Waals surface area contributed by atoms with Gasteiger partial charge in [-0.15, -0.1) is 0 Å². The Balaban J connectivity index is 1.61.